The zero-order valence-corrected chi connectivity index (χ0v) is 26.2. The first-order valence-electron chi connectivity index (χ1n) is 13.5. The summed E-state index contributed by atoms with van der Waals surface area (Å²) < 4.78 is 14.9. The average Bonchev–Trinajstić information content (AvgIpc) is 3.48. The topological polar surface area (TPSA) is 145 Å². The summed E-state index contributed by atoms with van der Waals surface area (Å²) in [6.45, 7) is 12.7. The molecule has 1 saturated heterocycles. The van der Waals surface area contributed by atoms with Crippen LogP contribution in [-0.2, 0) is 16.5 Å². The van der Waals surface area contributed by atoms with Crippen LogP contribution in [0, 0.1) is 4.91 Å². The van der Waals surface area contributed by atoms with E-state index >= 15 is 0 Å². The molecule has 1 aliphatic rings. The van der Waals surface area contributed by atoms with Crippen LogP contribution < -0.4 is 5.32 Å². The second-order valence-electron chi connectivity index (χ2n) is 12.3. The van der Waals surface area contributed by atoms with Crippen molar-refractivity contribution in [3.63, 3.8) is 0 Å². The number of hydrogen-bond donors (Lipinski definition) is 1. The number of nitrogens with one attached hydrogen (secondary N) is 1. The lowest BCUT2D eigenvalue weighted by Crippen LogP contribution is -2.52. The van der Waals surface area contributed by atoms with Gasteiger partial charge in [0.2, 0.25) is 0 Å². The zero-order valence-electron chi connectivity index (χ0n) is 24.6. The first kappa shape index (κ1) is 30.4. The number of piperidine rings is 1. The van der Waals surface area contributed by atoms with Gasteiger partial charge in [0.15, 0.2) is 11.5 Å². The molecule has 0 aromatic carbocycles. The highest BCUT2D eigenvalue weighted by Gasteiger charge is 2.40. The monoisotopic (exact) mass is 632 g/mol. The number of aryl methyl sites for hydroxylation is 1. The second kappa shape index (κ2) is 11.4. The van der Waals surface area contributed by atoms with Crippen LogP contribution >= 0.6 is 15.9 Å². The number of carbonyl (C=O) groups excluding carboxylic acids is 2. The number of amides is 2. The lowest BCUT2D eigenvalue weighted by atomic mass is 9.87. The van der Waals surface area contributed by atoms with Crippen molar-refractivity contribution >= 4 is 39.6 Å². The Balaban J connectivity index is 1.81. The van der Waals surface area contributed by atoms with Crippen LogP contribution in [0.4, 0.5) is 15.4 Å². The maximum Gasteiger partial charge on any atom is 0.413 e. The standard InChI is InChI=1S/C27H37BrN8O5/c1-15(33-39)19-10-9-16(14-35(19)25(38)41-27(5,6)7)21-20(28)23(32-24(37)40-26(2,3)4)36-22(31-21)18(12-30-36)17-11-29-34(8)13-17/h11-13,15-16,19H,9-10,14H2,1-8H3,(H,32,37)/t15?,16-,19-/m0/s1. The number of anilines is 1. The number of ether oxygens (including phenoxy) is 2. The number of rotatable bonds is 5. The fourth-order valence-electron chi connectivity index (χ4n) is 4.85. The number of hydrogen-bond acceptors (Lipinski definition) is 9. The zero-order chi connectivity index (χ0) is 30.3. The third-order valence-electron chi connectivity index (χ3n) is 6.62. The first-order chi connectivity index (χ1) is 19.1. The molecule has 13 nitrogen and oxygen atoms in total. The lowest BCUT2D eigenvalue weighted by molar-refractivity contribution is 0.00455. The molecule has 14 heteroatoms. The second-order valence-corrected chi connectivity index (χ2v) is 13.1. The van der Waals surface area contributed by atoms with E-state index < -0.39 is 35.5 Å². The fraction of sp³-hybridized carbons (Fsp3) is 0.593. The molecule has 0 spiro atoms. The number of halogens is 1. The van der Waals surface area contributed by atoms with Gasteiger partial charge in [-0.1, -0.05) is 5.18 Å². The summed E-state index contributed by atoms with van der Waals surface area (Å²) in [5.41, 5.74) is 1.20. The molecule has 2 amide bonds. The molecule has 0 bridgehead atoms. The van der Waals surface area contributed by atoms with Gasteiger partial charge in [-0.05, 0) is 77.2 Å². The van der Waals surface area contributed by atoms with Gasteiger partial charge < -0.3 is 14.4 Å². The van der Waals surface area contributed by atoms with E-state index in [9.17, 15) is 14.5 Å². The predicted octanol–water partition coefficient (Wildman–Crippen LogP) is 5.88. The largest absolute Gasteiger partial charge is 0.444 e. The average molecular weight is 634 g/mol. The summed E-state index contributed by atoms with van der Waals surface area (Å²) in [5, 5.41) is 14.8. The van der Waals surface area contributed by atoms with Gasteiger partial charge in [0.05, 0.1) is 28.6 Å². The summed E-state index contributed by atoms with van der Waals surface area (Å²) in [6.07, 6.45) is 5.19. The van der Waals surface area contributed by atoms with Crippen molar-refractivity contribution in [1.29, 1.82) is 0 Å². The number of nitroso groups, excluding NO2 is 1. The third-order valence-corrected chi connectivity index (χ3v) is 7.40. The highest BCUT2D eigenvalue weighted by molar-refractivity contribution is 9.10. The minimum atomic E-state index is -0.717. The van der Waals surface area contributed by atoms with Crippen molar-refractivity contribution in [3.05, 3.63) is 33.7 Å². The molecule has 1 aliphatic heterocycles. The quantitative estimate of drug-likeness (QED) is 0.343. The van der Waals surface area contributed by atoms with E-state index in [0.29, 0.717) is 34.5 Å². The Morgan fingerprint density at radius 2 is 1.78 bits per heavy atom. The molecule has 4 rings (SSSR count). The van der Waals surface area contributed by atoms with Gasteiger partial charge >= 0.3 is 12.2 Å². The minimum absolute atomic E-state index is 0.240. The molecule has 1 unspecified atom stereocenters. The van der Waals surface area contributed by atoms with Gasteiger partial charge in [0.1, 0.15) is 17.2 Å². The van der Waals surface area contributed by atoms with Gasteiger partial charge in [-0.15, -0.1) is 0 Å². The molecule has 3 aromatic rings. The Morgan fingerprint density at radius 1 is 1.10 bits per heavy atom. The molecule has 0 saturated carbocycles. The highest BCUT2D eigenvalue weighted by atomic mass is 79.9. The smallest absolute Gasteiger partial charge is 0.413 e. The SMILES string of the molecule is CC(N=O)[C@@H]1CC[C@H](c2nc3c(-c4cnn(C)c4)cnn3c(NC(=O)OC(C)(C)C)c2Br)CN1C(=O)OC(C)(C)C. The van der Waals surface area contributed by atoms with Crippen LogP contribution in [0.3, 0.4) is 0 Å². The van der Waals surface area contributed by atoms with Crippen LogP contribution in [0.1, 0.15) is 72.9 Å². The first-order valence-corrected chi connectivity index (χ1v) is 14.3. The van der Waals surface area contributed by atoms with Crippen molar-refractivity contribution in [2.75, 3.05) is 11.9 Å². The van der Waals surface area contributed by atoms with Gasteiger partial charge in [-0.25, -0.2) is 14.6 Å². The van der Waals surface area contributed by atoms with Gasteiger partial charge in [0, 0.05) is 36.8 Å². The van der Waals surface area contributed by atoms with Crippen molar-refractivity contribution < 1.29 is 19.1 Å². The molecular weight excluding hydrogens is 596 g/mol. The van der Waals surface area contributed by atoms with E-state index in [1.807, 2.05) is 13.2 Å². The molecular formula is C27H37BrN8O5. The normalized spacial score (nSPS) is 18.7. The number of likely N-dealkylation sites (tertiary alicyclic amines) is 1. The maximum absolute atomic E-state index is 13.3. The molecule has 0 aliphatic carbocycles. The summed E-state index contributed by atoms with van der Waals surface area (Å²) in [4.78, 5) is 44.2. The highest BCUT2D eigenvalue weighted by Crippen LogP contribution is 2.39. The third kappa shape index (κ3) is 6.85. The van der Waals surface area contributed by atoms with Crippen LogP contribution in [-0.4, -0.2) is 71.3 Å². The Hall–Kier alpha value is -3.55. The summed E-state index contributed by atoms with van der Waals surface area (Å²) in [5.74, 6) is 0.0797. The summed E-state index contributed by atoms with van der Waals surface area (Å²) in [7, 11) is 1.82. The number of aromatic nitrogens is 5. The fourth-order valence-corrected chi connectivity index (χ4v) is 5.53. The molecule has 1 N–H and O–H groups in total. The molecule has 3 atom stereocenters. The van der Waals surface area contributed by atoms with E-state index in [1.54, 1.807) is 70.4 Å². The summed E-state index contributed by atoms with van der Waals surface area (Å²) in [6, 6.07) is -1.03. The van der Waals surface area contributed by atoms with E-state index in [-0.39, 0.29) is 12.5 Å². The Bertz CT molecular complexity index is 1450. The van der Waals surface area contributed by atoms with Crippen LogP contribution in [0.5, 0.6) is 0 Å². The van der Waals surface area contributed by atoms with Gasteiger partial charge in [-0.3, -0.25) is 10.00 Å². The molecule has 3 aromatic heterocycles. The van der Waals surface area contributed by atoms with Gasteiger partial charge in [-0.2, -0.15) is 19.6 Å². The number of nitrogens with zero attached hydrogens (tertiary/aromatic N) is 7. The van der Waals surface area contributed by atoms with E-state index in [2.05, 4.69) is 36.6 Å². The predicted molar refractivity (Wildman–Crippen MR) is 157 cm³/mol. The lowest BCUT2D eigenvalue weighted by Gasteiger charge is -2.41. The van der Waals surface area contributed by atoms with Crippen LogP contribution in [0.25, 0.3) is 16.8 Å². The van der Waals surface area contributed by atoms with Crippen molar-refractivity contribution in [3.8, 4) is 11.1 Å². The molecule has 4 heterocycles. The van der Waals surface area contributed by atoms with Gasteiger partial charge in [0.25, 0.3) is 0 Å². The Labute approximate surface area is 247 Å². The maximum atomic E-state index is 13.3. The summed E-state index contributed by atoms with van der Waals surface area (Å²) >= 11 is 3.67. The Morgan fingerprint density at radius 3 is 2.37 bits per heavy atom. The molecule has 1 fully saturated rings. The number of fused-ring (bicyclic) bond motifs is 1. The van der Waals surface area contributed by atoms with E-state index in [4.69, 9.17) is 14.5 Å². The van der Waals surface area contributed by atoms with E-state index in [1.165, 1.54) is 4.52 Å². The molecule has 41 heavy (non-hydrogen) atoms. The molecule has 222 valence electrons. The van der Waals surface area contributed by atoms with Crippen LogP contribution in [0.15, 0.2) is 28.2 Å². The minimum Gasteiger partial charge on any atom is -0.444 e. The van der Waals surface area contributed by atoms with Crippen LogP contribution in [0.2, 0.25) is 0 Å². The van der Waals surface area contributed by atoms with Crippen molar-refractivity contribution in [1.82, 2.24) is 29.3 Å². The van der Waals surface area contributed by atoms with E-state index in [0.717, 1.165) is 11.1 Å². The molecule has 0 radical (unpaired) electrons. The van der Waals surface area contributed by atoms with Crippen molar-refractivity contribution in [2.45, 2.75) is 90.5 Å². The number of carbonyl (C=O) groups is 2. The Kier molecular flexibility index (Phi) is 8.44. The van der Waals surface area contributed by atoms with Crippen molar-refractivity contribution in [2.24, 2.45) is 12.2 Å².